The molecule has 0 aliphatic carbocycles. The molecule has 130 valence electrons. The van der Waals surface area contributed by atoms with Crippen molar-refractivity contribution in [2.75, 3.05) is 0 Å². The van der Waals surface area contributed by atoms with E-state index in [0.29, 0.717) is 5.56 Å². The number of hydrogen-bond donors (Lipinski definition) is 3. The van der Waals surface area contributed by atoms with Gasteiger partial charge in [-0.25, -0.2) is 0 Å². The molecule has 0 unspecified atom stereocenters. The summed E-state index contributed by atoms with van der Waals surface area (Å²) in [4.78, 5) is 46.4. The number of hydrazine groups is 1. The molecule has 0 heterocycles. The number of aryl methyl sites for hydroxylation is 2. The van der Waals surface area contributed by atoms with Gasteiger partial charge in [-0.15, -0.1) is 0 Å². The standard InChI is InChI=1S/C17H23N3O4/c1-10(2)18-16(23)17(24)20-19-15(22)8-7-14(21)13-6-5-11(3)12(4)9-13/h5-6,9-10H,7-8H2,1-4H3,(H,18,23)(H,19,22)(H,20,24). The van der Waals surface area contributed by atoms with Gasteiger partial charge >= 0.3 is 11.8 Å². The maximum atomic E-state index is 12.0. The van der Waals surface area contributed by atoms with Crippen molar-refractivity contribution in [3.63, 3.8) is 0 Å². The van der Waals surface area contributed by atoms with Crippen LogP contribution in [-0.4, -0.2) is 29.5 Å². The van der Waals surface area contributed by atoms with Crippen LogP contribution in [0, 0.1) is 13.8 Å². The van der Waals surface area contributed by atoms with E-state index in [9.17, 15) is 19.2 Å². The maximum Gasteiger partial charge on any atom is 0.327 e. The normalized spacial score (nSPS) is 10.2. The first-order valence-corrected chi connectivity index (χ1v) is 7.71. The Kier molecular flexibility index (Phi) is 7.10. The van der Waals surface area contributed by atoms with E-state index >= 15 is 0 Å². The molecule has 24 heavy (non-hydrogen) atoms. The van der Waals surface area contributed by atoms with Crippen LogP contribution in [0.2, 0.25) is 0 Å². The van der Waals surface area contributed by atoms with E-state index in [-0.39, 0.29) is 24.7 Å². The molecule has 0 saturated carbocycles. The third-order valence-electron chi connectivity index (χ3n) is 3.35. The average molecular weight is 333 g/mol. The molecule has 3 N–H and O–H groups in total. The lowest BCUT2D eigenvalue weighted by Gasteiger charge is -2.09. The molecule has 0 aliphatic rings. The van der Waals surface area contributed by atoms with Gasteiger partial charge < -0.3 is 5.32 Å². The summed E-state index contributed by atoms with van der Waals surface area (Å²) in [7, 11) is 0. The first-order chi connectivity index (χ1) is 11.2. The number of Topliss-reactive ketones (excluding diaryl/α,β-unsaturated/α-hetero) is 1. The fourth-order valence-electron chi connectivity index (χ4n) is 1.86. The Morgan fingerprint density at radius 1 is 0.917 bits per heavy atom. The number of amides is 3. The van der Waals surface area contributed by atoms with E-state index in [1.54, 1.807) is 26.0 Å². The molecule has 1 rings (SSSR count). The summed E-state index contributed by atoms with van der Waals surface area (Å²) < 4.78 is 0. The zero-order valence-corrected chi connectivity index (χ0v) is 14.4. The van der Waals surface area contributed by atoms with Crippen LogP contribution in [0.1, 0.15) is 48.2 Å². The number of carbonyl (C=O) groups is 4. The van der Waals surface area contributed by atoms with Gasteiger partial charge in [-0.3, -0.25) is 30.0 Å². The van der Waals surface area contributed by atoms with Crippen LogP contribution in [0.4, 0.5) is 0 Å². The molecule has 0 aliphatic heterocycles. The van der Waals surface area contributed by atoms with Gasteiger partial charge in [0.2, 0.25) is 5.91 Å². The number of carbonyl (C=O) groups excluding carboxylic acids is 4. The Bertz CT molecular complexity index is 653. The van der Waals surface area contributed by atoms with Gasteiger partial charge in [0.15, 0.2) is 5.78 Å². The third-order valence-corrected chi connectivity index (χ3v) is 3.35. The topological polar surface area (TPSA) is 104 Å². The highest BCUT2D eigenvalue weighted by atomic mass is 16.2. The van der Waals surface area contributed by atoms with Crippen molar-refractivity contribution in [3.05, 3.63) is 34.9 Å². The summed E-state index contributed by atoms with van der Waals surface area (Å²) >= 11 is 0. The van der Waals surface area contributed by atoms with E-state index in [1.165, 1.54) is 0 Å². The summed E-state index contributed by atoms with van der Waals surface area (Å²) in [5.41, 5.74) is 6.76. The predicted octanol–water partition coefficient (Wildman–Crippen LogP) is 0.938. The van der Waals surface area contributed by atoms with Crippen molar-refractivity contribution < 1.29 is 19.2 Å². The minimum absolute atomic E-state index is 0.0163. The van der Waals surface area contributed by atoms with Crippen molar-refractivity contribution in [3.8, 4) is 0 Å². The zero-order valence-electron chi connectivity index (χ0n) is 14.4. The fraction of sp³-hybridized carbons (Fsp3) is 0.412. The summed E-state index contributed by atoms with van der Waals surface area (Å²) in [6, 6.07) is 5.18. The minimum atomic E-state index is -0.961. The van der Waals surface area contributed by atoms with Crippen molar-refractivity contribution in [1.29, 1.82) is 0 Å². The van der Waals surface area contributed by atoms with Gasteiger partial charge in [0, 0.05) is 24.4 Å². The first kappa shape index (κ1) is 19.3. The largest absolute Gasteiger partial charge is 0.346 e. The quantitative estimate of drug-likeness (QED) is 0.424. The minimum Gasteiger partial charge on any atom is -0.346 e. The van der Waals surface area contributed by atoms with E-state index in [0.717, 1.165) is 11.1 Å². The molecule has 0 aromatic heterocycles. The summed E-state index contributed by atoms with van der Waals surface area (Å²) in [5.74, 6) is -2.50. The molecular formula is C17H23N3O4. The molecule has 0 saturated heterocycles. The van der Waals surface area contributed by atoms with Crippen molar-refractivity contribution >= 4 is 23.5 Å². The number of rotatable bonds is 5. The third kappa shape index (κ3) is 6.20. The highest BCUT2D eigenvalue weighted by Crippen LogP contribution is 2.12. The van der Waals surface area contributed by atoms with Crippen LogP contribution in [0.25, 0.3) is 0 Å². The molecule has 0 fully saturated rings. The Morgan fingerprint density at radius 2 is 1.58 bits per heavy atom. The van der Waals surface area contributed by atoms with Crippen LogP contribution in [-0.2, 0) is 14.4 Å². The van der Waals surface area contributed by atoms with Crippen molar-refractivity contribution in [1.82, 2.24) is 16.2 Å². The van der Waals surface area contributed by atoms with Crippen molar-refractivity contribution in [2.24, 2.45) is 0 Å². The molecule has 0 spiro atoms. The molecule has 1 aromatic carbocycles. The number of ketones is 1. The van der Waals surface area contributed by atoms with Gasteiger partial charge in [0.25, 0.3) is 0 Å². The van der Waals surface area contributed by atoms with Crippen molar-refractivity contribution in [2.45, 2.75) is 46.6 Å². The summed E-state index contributed by atoms with van der Waals surface area (Å²) in [5, 5.41) is 2.39. The van der Waals surface area contributed by atoms with Gasteiger partial charge in [-0.1, -0.05) is 12.1 Å². The second-order valence-corrected chi connectivity index (χ2v) is 5.85. The van der Waals surface area contributed by atoms with E-state index < -0.39 is 17.7 Å². The lowest BCUT2D eigenvalue weighted by atomic mass is 10.0. The molecule has 1 aromatic rings. The van der Waals surface area contributed by atoms with Crippen LogP contribution < -0.4 is 16.2 Å². The van der Waals surface area contributed by atoms with Crippen LogP contribution >= 0.6 is 0 Å². The maximum absolute atomic E-state index is 12.0. The summed E-state index contributed by atoms with van der Waals surface area (Å²) in [6.45, 7) is 7.29. The molecule has 0 bridgehead atoms. The Labute approximate surface area is 141 Å². The Morgan fingerprint density at radius 3 is 2.17 bits per heavy atom. The Hall–Kier alpha value is -2.70. The second-order valence-electron chi connectivity index (χ2n) is 5.85. The molecule has 0 atom stereocenters. The smallest absolute Gasteiger partial charge is 0.327 e. The van der Waals surface area contributed by atoms with E-state index in [2.05, 4.69) is 10.7 Å². The van der Waals surface area contributed by atoms with Crippen LogP contribution in [0.5, 0.6) is 0 Å². The first-order valence-electron chi connectivity index (χ1n) is 7.71. The van der Waals surface area contributed by atoms with E-state index in [4.69, 9.17) is 0 Å². The number of nitrogens with one attached hydrogen (secondary N) is 3. The molecule has 7 nitrogen and oxygen atoms in total. The molecular weight excluding hydrogens is 310 g/mol. The van der Waals surface area contributed by atoms with Gasteiger partial charge in [-0.05, 0) is 44.9 Å². The molecule has 3 amide bonds. The van der Waals surface area contributed by atoms with Gasteiger partial charge in [0.1, 0.15) is 0 Å². The monoisotopic (exact) mass is 333 g/mol. The molecule has 0 radical (unpaired) electrons. The highest BCUT2D eigenvalue weighted by molar-refractivity contribution is 6.35. The lowest BCUT2D eigenvalue weighted by molar-refractivity contribution is -0.141. The number of benzene rings is 1. The Balaban J connectivity index is 2.40. The van der Waals surface area contributed by atoms with Gasteiger partial charge in [-0.2, -0.15) is 0 Å². The summed E-state index contributed by atoms with van der Waals surface area (Å²) in [6.07, 6.45) is -0.0692. The zero-order chi connectivity index (χ0) is 18.3. The van der Waals surface area contributed by atoms with Crippen LogP contribution in [0.3, 0.4) is 0 Å². The highest BCUT2D eigenvalue weighted by Gasteiger charge is 2.15. The average Bonchev–Trinajstić information content (AvgIpc) is 2.52. The van der Waals surface area contributed by atoms with E-state index in [1.807, 2.05) is 25.3 Å². The molecule has 7 heteroatoms. The van der Waals surface area contributed by atoms with Gasteiger partial charge in [0.05, 0.1) is 0 Å². The predicted molar refractivity (Wildman–Crippen MR) is 89.0 cm³/mol. The lowest BCUT2D eigenvalue weighted by Crippen LogP contribution is -2.49. The second kappa shape index (κ2) is 8.81. The van der Waals surface area contributed by atoms with Crippen LogP contribution in [0.15, 0.2) is 18.2 Å². The SMILES string of the molecule is Cc1ccc(C(=O)CCC(=O)NNC(=O)C(=O)NC(C)C)cc1C. The number of hydrogen-bond acceptors (Lipinski definition) is 4. The fourth-order valence-corrected chi connectivity index (χ4v) is 1.86.